The summed E-state index contributed by atoms with van der Waals surface area (Å²) in [6, 6.07) is 6.37. The third kappa shape index (κ3) is 1.59. The van der Waals surface area contributed by atoms with Crippen LogP contribution in [0.2, 0.25) is 0 Å². The molecular formula is C15H17N3O2. The summed E-state index contributed by atoms with van der Waals surface area (Å²) in [5, 5.41) is 9.90. The summed E-state index contributed by atoms with van der Waals surface area (Å²) in [7, 11) is 0. The first-order valence-corrected chi connectivity index (χ1v) is 7.16. The zero-order chi connectivity index (χ0) is 13.7. The number of imidazole rings is 1. The van der Waals surface area contributed by atoms with Crippen LogP contribution in [0.4, 0.5) is 5.82 Å². The van der Waals surface area contributed by atoms with Gasteiger partial charge in [-0.2, -0.15) is 0 Å². The number of aldehydes is 1. The Bertz CT molecular complexity index is 652. The largest absolute Gasteiger partial charge is 0.393 e. The molecule has 20 heavy (non-hydrogen) atoms. The Hall–Kier alpha value is -1.88. The Morgan fingerprint density at radius 1 is 1.25 bits per heavy atom. The summed E-state index contributed by atoms with van der Waals surface area (Å²) in [5.41, 5.74) is 1.42. The lowest BCUT2D eigenvalue weighted by Gasteiger charge is -2.37. The van der Waals surface area contributed by atoms with Crippen LogP contribution in [-0.4, -0.2) is 39.0 Å². The topological polar surface area (TPSA) is 57.8 Å². The lowest BCUT2D eigenvalue weighted by molar-refractivity contribution is 0.111. The Balaban J connectivity index is 1.84. The number of carbonyl (C=O) groups excluding carboxylic acids is 1. The highest BCUT2D eigenvalue weighted by Crippen LogP contribution is 2.40. The van der Waals surface area contributed by atoms with E-state index in [4.69, 9.17) is 0 Å². The molecule has 2 atom stereocenters. The monoisotopic (exact) mass is 271 g/mol. The number of hydrogen-bond acceptors (Lipinski definition) is 4. The SMILES string of the molecule is O=Cc1c(N2C3CCC2CC(O)C3)nc2ccccn12. The quantitative estimate of drug-likeness (QED) is 0.844. The molecular weight excluding hydrogens is 254 g/mol. The number of aliphatic hydroxyl groups excluding tert-OH is 1. The molecule has 4 heterocycles. The van der Waals surface area contributed by atoms with Gasteiger partial charge in [0, 0.05) is 18.3 Å². The predicted molar refractivity (Wildman–Crippen MR) is 75.1 cm³/mol. The highest BCUT2D eigenvalue weighted by Gasteiger charge is 2.42. The Morgan fingerprint density at radius 3 is 2.70 bits per heavy atom. The van der Waals surface area contributed by atoms with Gasteiger partial charge in [-0.1, -0.05) is 6.07 Å². The molecule has 0 aliphatic carbocycles. The lowest BCUT2D eigenvalue weighted by Crippen LogP contribution is -2.45. The van der Waals surface area contributed by atoms with Crippen LogP contribution in [0.5, 0.6) is 0 Å². The Labute approximate surface area is 116 Å². The maximum Gasteiger partial charge on any atom is 0.170 e. The molecule has 5 nitrogen and oxygen atoms in total. The van der Waals surface area contributed by atoms with E-state index in [-0.39, 0.29) is 6.10 Å². The number of aliphatic hydroxyl groups is 1. The molecule has 0 spiro atoms. The van der Waals surface area contributed by atoms with Gasteiger partial charge in [-0.15, -0.1) is 0 Å². The fourth-order valence-corrected chi connectivity index (χ4v) is 3.80. The van der Waals surface area contributed by atoms with Gasteiger partial charge in [0.05, 0.1) is 6.10 Å². The maximum atomic E-state index is 11.5. The van der Waals surface area contributed by atoms with Crippen LogP contribution < -0.4 is 4.90 Å². The van der Waals surface area contributed by atoms with Gasteiger partial charge in [0.1, 0.15) is 11.3 Å². The number of fused-ring (bicyclic) bond motifs is 3. The van der Waals surface area contributed by atoms with Gasteiger partial charge in [-0.05, 0) is 37.8 Å². The number of carbonyl (C=O) groups is 1. The standard InChI is InChI=1S/C15H17N3O2/c19-9-13-15(16-14-3-1-2-6-17(13)14)18-10-4-5-11(18)8-12(20)7-10/h1-3,6,9-12,20H,4-5,7-8H2. The molecule has 0 aromatic carbocycles. The van der Waals surface area contributed by atoms with Gasteiger partial charge in [-0.25, -0.2) is 4.98 Å². The molecule has 2 unspecified atom stereocenters. The molecule has 0 saturated carbocycles. The van der Waals surface area contributed by atoms with Crippen molar-refractivity contribution in [1.29, 1.82) is 0 Å². The first-order chi connectivity index (χ1) is 9.78. The van der Waals surface area contributed by atoms with E-state index in [1.165, 1.54) is 0 Å². The van der Waals surface area contributed by atoms with E-state index >= 15 is 0 Å². The molecule has 2 aromatic heterocycles. The molecule has 2 aliphatic heterocycles. The van der Waals surface area contributed by atoms with Crippen molar-refractivity contribution in [2.75, 3.05) is 4.90 Å². The first-order valence-electron chi connectivity index (χ1n) is 7.16. The molecule has 4 rings (SSSR count). The van der Waals surface area contributed by atoms with Crippen molar-refractivity contribution in [3.8, 4) is 0 Å². The zero-order valence-electron chi connectivity index (χ0n) is 11.1. The molecule has 0 amide bonds. The Morgan fingerprint density at radius 2 is 2.00 bits per heavy atom. The molecule has 2 saturated heterocycles. The second-order valence-electron chi connectivity index (χ2n) is 5.78. The second kappa shape index (κ2) is 4.31. The van der Waals surface area contributed by atoms with Crippen molar-refractivity contribution < 1.29 is 9.90 Å². The average Bonchev–Trinajstić information content (AvgIpc) is 2.93. The minimum Gasteiger partial charge on any atom is -0.393 e. The average molecular weight is 271 g/mol. The third-order valence-electron chi connectivity index (χ3n) is 4.61. The van der Waals surface area contributed by atoms with Crippen LogP contribution in [0.25, 0.3) is 5.65 Å². The molecule has 5 heteroatoms. The second-order valence-corrected chi connectivity index (χ2v) is 5.78. The number of nitrogens with zero attached hydrogens (tertiary/aromatic N) is 3. The van der Waals surface area contributed by atoms with Crippen molar-refractivity contribution >= 4 is 17.8 Å². The number of pyridine rings is 1. The van der Waals surface area contributed by atoms with E-state index in [0.29, 0.717) is 17.8 Å². The number of anilines is 1. The number of hydrogen-bond donors (Lipinski definition) is 1. The molecule has 2 aromatic rings. The van der Waals surface area contributed by atoms with Gasteiger partial charge in [0.15, 0.2) is 12.1 Å². The van der Waals surface area contributed by atoms with E-state index < -0.39 is 0 Å². The molecule has 0 radical (unpaired) electrons. The minimum absolute atomic E-state index is 0.208. The van der Waals surface area contributed by atoms with Crippen LogP contribution in [-0.2, 0) is 0 Å². The summed E-state index contributed by atoms with van der Waals surface area (Å²) in [6.07, 6.45) is 6.27. The molecule has 2 fully saturated rings. The van der Waals surface area contributed by atoms with Crippen LogP contribution in [0, 0.1) is 0 Å². The van der Waals surface area contributed by atoms with Crippen molar-refractivity contribution in [1.82, 2.24) is 9.38 Å². The van der Waals surface area contributed by atoms with Crippen molar-refractivity contribution in [2.45, 2.75) is 43.9 Å². The van der Waals surface area contributed by atoms with Gasteiger partial charge in [-0.3, -0.25) is 9.20 Å². The van der Waals surface area contributed by atoms with Gasteiger partial charge >= 0.3 is 0 Å². The summed E-state index contributed by atoms with van der Waals surface area (Å²) < 4.78 is 1.84. The minimum atomic E-state index is -0.208. The van der Waals surface area contributed by atoms with Gasteiger partial charge in [0.2, 0.25) is 0 Å². The van der Waals surface area contributed by atoms with Crippen molar-refractivity contribution in [2.24, 2.45) is 0 Å². The smallest absolute Gasteiger partial charge is 0.170 e. The summed E-state index contributed by atoms with van der Waals surface area (Å²) in [4.78, 5) is 18.4. The highest BCUT2D eigenvalue weighted by atomic mass is 16.3. The number of rotatable bonds is 2. The van der Waals surface area contributed by atoms with Crippen LogP contribution in [0.15, 0.2) is 24.4 Å². The predicted octanol–water partition coefficient (Wildman–Crippen LogP) is 1.64. The molecule has 1 N–H and O–H groups in total. The lowest BCUT2D eigenvalue weighted by atomic mass is 10.00. The van der Waals surface area contributed by atoms with Crippen molar-refractivity contribution in [3.63, 3.8) is 0 Å². The fraction of sp³-hybridized carbons (Fsp3) is 0.467. The molecule has 104 valence electrons. The van der Waals surface area contributed by atoms with E-state index in [1.807, 2.05) is 28.8 Å². The first kappa shape index (κ1) is 11.9. The summed E-state index contributed by atoms with van der Waals surface area (Å²) >= 11 is 0. The van der Waals surface area contributed by atoms with E-state index in [0.717, 1.165) is 43.4 Å². The van der Waals surface area contributed by atoms with Gasteiger partial charge < -0.3 is 10.0 Å². The zero-order valence-corrected chi connectivity index (χ0v) is 11.1. The Kier molecular flexibility index (Phi) is 2.57. The number of aromatic nitrogens is 2. The molecule has 2 aliphatic rings. The third-order valence-corrected chi connectivity index (χ3v) is 4.61. The van der Waals surface area contributed by atoms with E-state index in [2.05, 4.69) is 9.88 Å². The van der Waals surface area contributed by atoms with Crippen molar-refractivity contribution in [3.05, 3.63) is 30.1 Å². The van der Waals surface area contributed by atoms with Gasteiger partial charge in [0.25, 0.3) is 0 Å². The number of piperidine rings is 1. The van der Waals surface area contributed by atoms with Crippen LogP contribution >= 0.6 is 0 Å². The fourth-order valence-electron chi connectivity index (χ4n) is 3.80. The van der Waals surface area contributed by atoms with Crippen LogP contribution in [0.1, 0.15) is 36.2 Å². The molecule has 2 bridgehead atoms. The highest BCUT2D eigenvalue weighted by molar-refractivity contribution is 5.83. The van der Waals surface area contributed by atoms with Crippen LogP contribution in [0.3, 0.4) is 0 Å². The maximum absolute atomic E-state index is 11.5. The van der Waals surface area contributed by atoms with E-state index in [9.17, 15) is 9.90 Å². The normalized spacial score (nSPS) is 29.1. The summed E-state index contributed by atoms with van der Waals surface area (Å²) in [6.45, 7) is 0. The summed E-state index contributed by atoms with van der Waals surface area (Å²) in [5.74, 6) is 0.783. The van der Waals surface area contributed by atoms with E-state index in [1.54, 1.807) is 0 Å².